The highest BCUT2D eigenvalue weighted by molar-refractivity contribution is 6.39. The molecule has 0 bridgehead atoms. The second-order valence-electron chi connectivity index (χ2n) is 7.59. The molecule has 2 N–H and O–H groups in total. The topological polar surface area (TPSA) is 58.2 Å². The molecule has 1 unspecified atom stereocenters. The van der Waals surface area contributed by atoms with Gasteiger partial charge >= 0.3 is 11.8 Å². The third kappa shape index (κ3) is 4.44. The predicted octanol–water partition coefficient (Wildman–Crippen LogP) is 4.64. The molecular formula is C24H30N2O2. The number of fused-ring (bicyclic) bond motifs is 1. The molecule has 0 saturated heterocycles. The number of hydrogen-bond acceptors (Lipinski definition) is 2. The van der Waals surface area contributed by atoms with Gasteiger partial charge in [0.15, 0.2) is 0 Å². The number of amides is 2. The number of nitrogens with one attached hydrogen (secondary N) is 2. The van der Waals surface area contributed by atoms with Crippen LogP contribution in [0.15, 0.2) is 36.4 Å². The van der Waals surface area contributed by atoms with E-state index in [4.69, 9.17) is 0 Å². The maximum Gasteiger partial charge on any atom is 0.313 e. The Balaban J connectivity index is 1.71. The number of aryl methyl sites for hydroxylation is 4. The van der Waals surface area contributed by atoms with Gasteiger partial charge in [0.25, 0.3) is 0 Å². The Morgan fingerprint density at radius 1 is 1.00 bits per heavy atom. The Bertz CT molecular complexity index is 873. The number of anilines is 1. The molecular weight excluding hydrogens is 348 g/mol. The minimum Gasteiger partial charge on any atom is -0.341 e. The fraction of sp³-hybridized carbons (Fsp3) is 0.417. The summed E-state index contributed by atoms with van der Waals surface area (Å²) in [6.07, 6.45) is 6.24. The molecule has 0 spiro atoms. The average Bonchev–Trinajstić information content (AvgIpc) is 2.72. The summed E-state index contributed by atoms with van der Waals surface area (Å²) in [5.41, 5.74) is 6.61. The molecule has 1 atom stereocenters. The van der Waals surface area contributed by atoms with Crippen LogP contribution in [0.5, 0.6) is 0 Å². The lowest BCUT2D eigenvalue weighted by molar-refractivity contribution is -0.136. The average molecular weight is 379 g/mol. The molecule has 0 aromatic heterocycles. The van der Waals surface area contributed by atoms with E-state index in [0.717, 1.165) is 48.1 Å². The summed E-state index contributed by atoms with van der Waals surface area (Å²) < 4.78 is 0. The Hall–Kier alpha value is -2.62. The number of rotatable bonds is 5. The lowest BCUT2D eigenvalue weighted by atomic mass is 9.89. The SMILES string of the molecule is CCc1cccc(C)c1NC(=O)C(=O)NC(CC)c1ccc2c(c1)CCCC2. The van der Waals surface area contributed by atoms with Crippen LogP contribution in [-0.2, 0) is 28.9 Å². The molecule has 4 nitrogen and oxygen atoms in total. The van der Waals surface area contributed by atoms with Crippen molar-refractivity contribution in [2.24, 2.45) is 0 Å². The molecule has 2 aromatic carbocycles. The van der Waals surface area contributed by atoms with Crippen LogP contribution in [0.4, 0.5) is 5.69 Å². The zero-order valence-corrected chi connectivity index (χ0v) is 17.1. The second-order valence-corrected chi connectivity index (χ2v) is 7.59. The van der Waals surface area contributed by atoms with Crippen molar-refractivity contribution in [1.29, 1.82) is 0 Å². The van der Waals surface area contributed by atoms with E-state index in [0.29, 0.717) is 0 Å². The molecule has 0 radical (unpaired) electrons. The van der Waals surface area contributed by atoms with E-state index in [2.05, 4.69) is 28.8 Å². The van der Waals surface area contributed by atoms with Crippen LogP contribution >= 0.6 is 0 Å². The first-order valence-electron chi connectivity index (χ1n) is 10.4. The smallest absolute Gasteiger partial charge is 0.313 e. The summed E-state index contributed by atoms with van der Waals surface area (Å²) in [6, 6.07) is 12.2. The van der Waals surface area contributed by atoms with Gasteiger partial charge in [-0.15, -0.1) is 0 Å². The van der Waals surface area contributed by atoms with Crippen LogP contribution in [0.25, 0.3) is 0 Å². The zero-order chi connectivity index (χ0) is 20.1. The fourth-order valence-corrected chi connectivity index (χ4v) is 3.99. The molecule has 0 saturated carbocycles. The predicted molar refractivity (Wildman–Crippen MR) is 113 cm³/mol. The number of hydrogen-bond donors (Lipinski definition) is 2. The second kappa shape index (κ2) is 9.05. The number of carbonyl (C=O) groups excluding carboxylic acids is 2. The van der Waals surface area contributed by atoms with Crippen molar-refractivity contribution in [3.8, 4) is 0 Å². The summed E-state index contributed by atoms with van der Waals surface area (Å²) in [5, 5.41) is 5.73. The van der Waals surface area contributed by atoms with E-state index in [-0.39, 0.29) is 6.04 Å². The van der Waals surface area contributed by atoms with Crippen LogP contribution in [0.3, 0.4) is 0 Å². The van der Waals surface area contributed by atoms with Gasteiger partial charge in [-0.25, -0.2) is 0 Å². The molecule has 0 fully saturated rings. The minimum atomic E-state index is -0.611. The monoisotopic (exact) mass is 378 g/mol. The normalized spacial score (nSPS) is 14.1. The molecule has 0 heterocycles. The van der Waals surface area contributed by atoms with E-state index in [9.17, 15) is 9.59 Å². The Labute approximate surface area is 167 Å². The van der Waals surface area contributed by atoms with Gasteiger partial charge in [0.05, 0.1) is 6.04 Å². The molecule has 4 heteroatoms. The van der Waals surface area contributed by atoms with Gasteiger partial charge in [-0.3, -0.25) is 9.59 Å². The van der Waals surface area contributed by atoms with E-state index >= 15 is 0 Å². The summed E-state index contributed by atoms with van der Waals surface area (Å²) in [5.74, 6) is -1.20. The van der Waals surface area contributed by atoms with Crippen LogP contribution in [0, 0.1) is 6.92 Å². The highest BCUT2D eigenvalue weighted by Crippen LogP contribution is 2.26. The summed E-state index contributed by atoms with van der Waals surface area (Å²) >= 11 is 0. The van der Waals surface area contributed by atoms with Gasteiger partial charge in [0.1, 0.15) is 0 Å². The quantitative estimate of drug-likeness (QED) is 0.745. The van der Waals surface area contributed by atoms with Crippen molar-refractivity contribution >= 4 is 17.5 Å². The van der Waals surface area contributed by atoms with Crippen LogP contribution in [-0.4, -0.2) is 11.8 Å². The van der Waals surface area contributed by atoms with Gasteiger partial charge in [0.2, 0.25) is 0 Å². The van der Waals surface area contributed by atoms with E-state index in [1.165, 1.54) is 24.0 Å². The van der Waals surface area contributed by atoms with Gasteiger partial charge < -0.3 is 10.6 Å². The van der Waals surface area contributed by atoms with Crippen molar-refractivity contribution in [1.82, 2.24) is 5.32 Å². The Kier molecular flexibility index (Phi) is 6.50. The third-order valence-electron chi connectivity index (χ3n) is 5.67. The maximum absolute atomic E-state index is 12.6. The molecule has 2 aromatic rings. The van der Waals surface area contributed by atoms with Gasteiger partial charge in [0, 0.05) is 5.69 Å². The molecule has 3 rings (SSSR count). The van der Waals surface area contributed by atoms with Crippen molar-refractivity contribution in [3.63, 3.8) is 0 Å². The van der Waals surface area contributed by atoms with Gasteiger partial charge in [-0.2, -0.15) is 0 Å². The standard InChI is InChI=1S/C24H30N2O2/c1-4-17-12-8-9-16(3)22(17)26-24(28)23(27)25-21(5-2)20-14-13-18-10-6-7-11-19(18)15-20/h8-9,12-15,21H,4-7,10-11H2,1-3H3,(H,25,27)(H,26,28). The lowest BCUT2D eigenvalue weighted by Gasteiger charge is -2.22. The van der Waals surface area contributed by atoms with E-state index < -0.39 is 11.8 Å². The van der Waals surface area contributed by atoms with Crippen molar-refractivity contribution in [2.75, 3.05) is 5.32 Å². The van der Waals surface area contributed by atoms with Gasteiger partial charge in [-0.05, 0) is 73.3 Å². The number of carbonyl (C=O) groups is 2. The van der Waals surface area contributed by atoms with Crippen molar-refractivity contribution < 1.29 is 9.59 Å². The summed E-state index contributed by atoms with van der Waals surface area (Å²) in [6.45, 7) is 6.00. The minimum absolute atomic E-state index is 0.159. The highest BCUT2D eigenvalue weighted by Gasteiger charge is 2.21. The van der Waals surface area contributed by atoms with Crippen LogP contribution in [0.1, 0.15) is 67.0 Å². The van der Waals surface area contributed by atoms with Crippen LogP contribution < -0.4 is 10.6 Å². The molecule has 28 heavy (non-hydrogen) atoms. The molecule has 0 aliphatic heterocycles. The van der Waals surface area contributed by atoms with Crippen molar-refractivity contribution in [2.45, 2.75) is 65.3 Å². The number of para-hydroxylation sites is 1. The molecule has 2 amide bonds. The number of benzene rings is 2. The largest absolute Gasteiger partial charge is 0.341 e. The first-order chi connectivity index (χ1) is 13.5. The first-order valence-corrected chi connectivity index (χ1v) is 10.4. The fourth-order valence-electron chi connectivity index (χ4n) is 3.99. The lowest BCUT2D eigenvalue weighted by Crippen LogP contribution is -2.38. The maximum atomic E-state index is 12.6. The Morgan fingerprint density at radius 2 is 1.75 bits per heavy atom. The van der Waals surface area contributed by atoms with E-state index in [1.807, 2.05) is 39.0 Å². The molecule has 148 valence electrons. The van der Waals surface area contributed by atoms with Crippen LogP contribution in [0.2, 0.25) is 0 Å². The Morgan fingerprint density at radius 3 is 2.46 bits per heavy atom. The highest BCUT2D eigenvalue weighted by atomic mass is 16.2. The molecule has 1 aliphatic carbocycles. The summed E-state index contributed by atoms with van der Waals surface area (Å²) in [4.78, 5) is 25.1. The van der Waals surface area contributed by atoms with E-state index in [1.54, 1.807) is 0 Å². The first kappa shape index (κ1) is 20.1. The zero-order valence-electron chi connectivity index (χ0n) is 17.1. The molecule has 1 aliphatic rings. The van der Waals surface area contributed by atoms with Gasteiger partial charge in [-0.1, -0.05) is 50.2 Å². The third-order valence-corrected chi connectivity index (χ3v) is 5.67. The van der Waals surface area contributed by atoms with Crippen molar-refractivity contribution in [3.05, 3.63) is 64.2 Å². The summed E-state index contributed by atoms with van der Waals surface area (Å²) in [7, 11) is 0.